The van der Waals surface area contributed by atoms with E-state index in [-0.39, 0.29) is 14.9 Å². The minimum atomic E-state index is -3.33. The second kappa shape index (κ2) is 5.59. The van der Waals surface area contributed by atoms with E-state index in [2.05, 4.69) is 0 Å². The van der Waals surface area contributed by atoms with Crippen LogP contribution in [0.25, 0.3) is 0 Å². The van der Waals surface area contributed by atoms with Gasteiger partial charge in [0.2, 0.25) is 0 Å². The molecule has 0 aliphatic heterocycles. The molecule has 14 heavy (non-hydrogen) atoms. The molecular formula is C9H12Cl2O2S. The molecule has 0 fully saturated rings. The molecule has 1 aromatic carbocycles. The smallest absolute Gasteiger partial charge is 0.178 e. The highest BCUT2D eigenvalue weighted by molar-refractivity contribution is 7.91. The van der Waals surface area contributed by atoms with E-state index in [0.29, 0.717) is 0 Å². The SMILES string of the molecule is CC.CS(=O)(=O)c1c(Cl)cccc1Cl. The van der Waals surface area contributed by atoms with Crippen LogP contribution in [0.2, 0.25) is 10.0 Å². The second-order valence-corrected chi connectivity index (χ2v) is 5.09. The fourth-order valence-corrected chi connectivity index (χ4v) is 2.92. The highest BCUT2D eigenvalue weighted by Crippen LogP contribution is 2.28. The number of hydrogen-bond acceptors (Lipinski definition) is 2. The lowest BCUT2D eigenvalue weighted by Gasteiger charge is -2.02. The van der Waals surface area contributed by atoms with Crippen molar-refractivity contribution >= 4 is 33.0 Å². The molecule has 0 heterocycles. The fourth-order valence-electron chi connectivity index (χ4n) is 0.837. The van der Waals surface area contributed by atoms with Gasteiger partial charge in [-0.3, -0.25) is 0 Å². The number of benzene rings is 1. The monoisotopic (exact) mass is 254 g/mol. The number of sulfone groups is 1. The largest absolute Gasteiger partial charge is 0.224 e. The lowest BCUT2D eigenvalue weighted by Crippen LogP contribution is -1.98. The molecule has 80 valence electrons. The molecule has 0 aliphatic rings. The molecule has 0 saturated heterocycles. The van der Waals surface area contributed by atoms with E-state index in [9.17, 15) is 8.42 Å². The third-order valence-corrected chi connectivity index (χ3v) is 3.33. The van der Waals surface area contributed by atoms with Crippen molar-refractivity contribution in [3.63, 3.8) is 0 Å². The maximum atomic E-state index is 11.1. The molecule has 5 heteroatoms. The van der Waals surface area contributed by atoms with Gasteiger partial charge in [0, 0.05) is 6.26 Å². The zero-order valence-corrected chi connectivity index (χ0v) is 10.5. The zero-order valence-electron chi connectivity index (χ0n) is 8.21. The maximum Gasteiger partial charge on any atom is 0.178 e. The van der Waals surface area contributed by atoms with E-state index in [1.54, 1.807) is 6.07 Å². The Morgan fingerprint density at radius 3 is 1.64 bits per heavy atom. The zero-order chi connectivity index (χ0) is 11.4. The van der Waals surface area contributed by atoms with Gasteiger partial charge in [-0.1, -0.05) is 43.1 Å². The summed E-state index contributed by atoms with van der Waals surface area (Å²) in [7, 11) is -3.33. The van der Waals surface area contributed by atoms with Gasteiger partial charge in [0.15, 0.2) is 9.84 Å². The average Bonchev–Trinajstić information content (AvgIpc) is 2.05. The minimum Gasteiger partial charge on any atom is -0.224 e. The Hall–Kier alpha value is -0.250. The van der Waals surface area contributed by atoms with Crippen molar-refractivity contribution in [3.8, 4) is 0 Å². The standard InChI is InChI=1S/C7H6Cl2O2S.C2H6/c1-12(10,11)7-5(8)3-2-4-6(7)9;1-2/h2-4H,1H3;1-2H3. The van der Waals surface area contributed by atoms with Crippen LogP contribution in [0.15, 0.2) is 23.1 Å². The third kappa shape index (κ3) is 3.48. The van der Waals surface area contributed by atoms with Gasteiger partial charge in [-0.2, -0.15) is 0 Å². The Morgan fingerprint density at radius 1 is 1.07 bits per heavy atom. The molecule has 0 aromatic heterocycles. The highest BCUT2D eigenvalue weighted by atomic mass is 35.5. The summed E-state index contributed by atoms with van der Waals surface area (Å²) in [5, 5.41) is 0.315. The molecule has 0 radical (unpaired) electrons. The van der Waals surface area contributed by atoms with Crippen LogP contribution in [0.5, 0.6) is 0 Å². The molecule has 2 nitrogen and oxygen atoms in total. The quantitative estimate of drug-likeness (QED) is 0.770. The van der Waals surface area contributed by atoms with Crippen LogP contribution < -0.4 is 0 Å². The lowest BCUT2D eigenvalue weighted by molar-refractivity contribution is 0.602. The van der Waals surface area contributed by atoms with Crippen LogP contribution in [0, 0.1) is 0 Å². The predicted octanol–water partition coefficient (Wildman–Crippen LogP) is 3.42. The van der Waals surface area contributed by atoms with Crippen LogP contribution in [0.4, 0.5) is 0 Å². The van der Waals surface area contributed by atoms with E-state index >= 15 is 0 Å². The fraction of sp³-hybridized carbons (Fsp3) is 0.333. The maximum absolute atomic E-state index is 11.1. The lowest BCUT2D eigenvalue weighted by atomic mass is 10.4. The van der Waals surface area contributed by atoms with Crippen LogP contribution >= 0.6 is 23.2 Å². The average molecular weight is 255 g/mol. The summed E-state index contributed by atoms with van der Waals surface area (Å²) in [6.45, 7) is 4.00. The van der Waals surface area contributed by atoms with Gasteiger partial charge in [0.05, 0.1) is 10.0 Å². The Bertz CT molecular complexity index is 379. The van der Waals surface area contributed by atoms with Gasteiger partial charge >= 0.3 is 0 Å². The Morgan fingerprint density at radius 2 is 1.43 bits per heavy atom. The molecule has 0 atom stereocenters. The summed E-state index contributed by atoms with van der Waals surface area (Å²) < 4.78 is 22.2. The molecule has 0 spiro atoms. The predicted molar refractivity (Wildman–Crippen MR) is 60.9 cm³/mol. The Labute approximate surface area is 94.8 Å². The molecule has 0 bridgehead atoms. The van der Waals surface area contributed by atoms with E-state index in [0.717, 1.165) is 6.26 Å². The minimum absolute atomic E-state index is 0.00617. The normalized spacial score (nSPS) is 10.4. The molecule has 1 rings (SSSR count). The van der Waals surface area contributed by atoms with Crippen molar-refractivity contribution in [1.82, 2.24) is 0 Å². The van der Waals surface area contributed by atoms with Crippen LogP contribution in [0.3, 0.4) is 0 Å². The van der Waals surface area contributed by atoms with Crippen LogP contribution in [0.1, 0.15) is 13.8 Å². The first-order valence-corrected chi connectivity index (χ1v) is 6.72. The highest BCUT2D eigenvalue weighted by Gasteiger charge is 2.15. The van der Waals surface area contributed by atoms with E-state index in [4.69, 9.17) is 23.2 Å². The first kappa shape index (κ1) is 13.8. The molecule has 0 unspecified atom stereocenters. The first-order chi connectivity index (χ1) is 6.43. The molecule has 0 N–H and O–H groups in total. The second-order valence-electron chi connectivity index (χ2n) is 2.32. The van der Waals surface area contributed by atoms with Crippen molar-refractivity contribution < 1.29 is 8.42 Å². The van der Waals surface area contributed by atoms with Crippen molar-refractivity contribution in [1.29, 1.82) is 0 Å². The summed E-state index contributed by atoms with van der Waals surface area (Å²) in [4.78, 5) is -0.00617. The molecular weight excluding hydrogens is 243 g/mol. The molecule has 0 aliphatic carbocycles. The van der Waals surface area contributed by atoms with Gasteiger partial charge in [-0.25, -0.2) is 8.42 Å². The summed E-state index contributed by atoms with van der Waals surface area (Å²) in [5.74, 6) is 0. The van der Waals surface area contributed by atoms with Gasteiger partial charge < -0.3 is 0 Å². The summed E-state index contributed by atoms with van der Waals surface area (Å²) in [6, 6.07) is 4.58. The number of halogens is 2. The van der Waals surface area contributed by atoms with Crippen molar-refractivity contribution in [2.45, 2.75) is 18.7 Å². The summed E-state index contributed by atoms with van der Waals surface area (Å²) in [6.07, 6.45) is 1.07. The van der Waals surface area contributed by atoms with Crippen molar-refractivity contribution in [3.05, 3.63) is 28.2 Å². The Balaban J connectivity index is 0.000000791. The van der Waals surface area contributed by atoms with Gasteiger partial charge in [0.1, 0.15) is 4.90 Å². The van der Waals surface area contributed by atoms with Gasteiger partial charge in [0.25, 0.3) is 0 Å². The van der Waals surface area contributed by atoms with Gasteiger partial charge in [-0.05, 0) is 12.1 Å². The molecule has 0 amide bonds. The molecule has 0 saturated carbocycles. The van der Waals surface area contributed by atoms with Crippen LogP contribution in [-0.2, 0) is 9.84 Å². The van der Waals surface area contributed by atoms with Crippen molar-refractivity contribution in [2.24, 2.45) is 0 Å². The Kier molecular flexibility index (Phi) is 5.49. The third-order valence-electron chi connectivity index (χ3n) is 1.29. The summed E-state index contributed by atoms with van der Waals surface area (Å²) in [5.41, 5.74) is 0. The van der Waals surface area contributed by atoms with E-state index in [1.807, 2.05) is 13.8 Å². The van der Waals surface area contributed by atoms with Crippen molar-refractivity contribution in [2.75, 3.05) is 6.26 Å². The topological polar surface area (TPSA) is 34.1 Å². The number of rotatable bonds is 1. The van der Waals surface area contributed by atoms with Gasteiger partial charge in [-0.15, -0.1) is 0 Å². The number of hydrogen-bond donors (Lipinski definition) is 0. The summed E-state index contributed by atoms with van der Waals surface area (Å²) >= 11 is 11.3. The van der Waals surface area contributed by atoms with Crippen LogP contribution in [-0.4, -0.2) is 14.7 Å². The molecule has 1 aromatic rings. The van der Waals surface area contributed by atoms with E-state index < -0.39 is 9.84 Å². The first-order valence-electron chi connectivity index (χ1n) is 4.07. The van der Waals surface area contributed by atoms with E-state index in [1.165, 1.54) is 12.1 Å².